The van der Waals surface area contributed by atoms with Crippen molar-refractivity contribution >= 4 is 0 Å². The minimum atomic E-state index is 0.583. The molecule has 0 bridgehead atoms. The maximum absolute atomic E-state index is 3.70. The van der Waals surface area contributed by atoms with E-state index < -0.39 is 0 Å². The number of hydrogen-bond acceptors (Lipinski definition) is 2. The molecule has 78 valence electrons. The molecule has 1 atom stereocenters. The maximum atomic E-state index is 3.70. The molecule has 0 aromatic heterocycles. The molecule has 0 fully saturated rings. The van der Waals surface area contributed by atoms with Gasteiger partial charge in [-0.1, -0.05) is 19.9 Å². The first-order valence-corrected chi connectivity index (χ1v) is 5.31. The molecule has 2 nitrogen and oxygen atoms in total. The molecule has 0 aromatic rings. The normalized spacial score (nSPS) is 13.2. The third kappa shape index (κ3) is 6.79. The van der Waals surface area contributed by atoms with Crippen LogP contribution in [0, 0.1) is 0 Å². The zero-order valence-corrected chi connectivity index (χ0v) is 9.34. The van der Waals surface area contributed by atoms with Gasteiger partial charge in [0.2, 0.25) is 0 Å². The fraction of sp³-hybridized carbons (Fsp3) is 0.818. The Hall–Kier alpha value is -0.340. The SMILES string of the molecule is C=CCCNC(C)CN(CC)CC. The Morgan fingerprint density at radius 2 is 2.00 bits per heavy atom. The lowest BCUT2D eigenvalue weighted by Crippen LogP contribution is -2.39. The molecule has 0 aromatic carbocycles. The quantitative estimate of drug-likeness (QED) is 0.458. The summed E-state index contributed by atoms with van der Waals surface area (Å²) in [5.74, 6) is 0. The molecular formula is C11H24N2. The highest BCUT2D eigenvalue weighted by atomic mass is 15.1. The van der Waals surface area contributed by atoms with E-state index in [4.69, 9.17) is 0 Å². The van der Waals surface area contributed by atoms with Gasteiger partial charge in [0, 0.05) is 12.6 Å². The zero-order valence-electron chi connectivity index (χ0n) is 9.34. The van der Waals surface area contributed by atoms with Gasteiger partial charge < -0.3 is 10.2 Å². The molecule has 0 radical (unpaired) electrons. The highest BCUT2D eigenvalue weighted by Crippen LogP contribution is 1.91. The van der Waals surface area contributed by atoms with Crippen LogP contribution in [-0.2, 0) is 0 Å². The molecule has 0 saturated heterocycles. The zero-order chi connectivity index (χ0) is 10.1. The molecule has 2 heteroatoms. The Bertz CT molecular complexity index is 119. The van der Waals surface area contributed by atoms with Crippen molar-refractivity contribution in [2.75, 3.05) is 26.2 Å². The first-order chi connectivity index (χ1) is 6.24. The van der Waals surface area contributed by atoms with Gasteiger partial charge in [-0.05, 0) is 33.0 Å². The lowest BCUT2D eigenvalue weighted by atomic mass is 10.3. The van der Waals surface area contributed by atoms with Gasteiger partial charge in [-0.2, -0.15) is 0 Å². The summed E-state index contributed by atoms with van der Waals surface area (Å²) in [5, 5.41) is 3.47. The van der Waals surface area contributed by atoms with E-state index in [1.54, 1.807) is 0 Å². The smallest absolute Gasteiger partial charge is 0.0166 e. The Morgan fingerprint density at radius 1 is 1.38 bits per heavy atom. The fourth-order valence-electron chi connectivity index (χ4n) is 1.37. The second-order valence-corrected chi connectivity index (χ2v) is 3.42. The second kappa shape index (κ2) is 8.27. The molecule has 1 unspecified atom stereocenters. The van der Waals surface area contributed by atoms with Crippen LogP contribution in [0.4, 0.5) is 0 Å². The lowest BCUT2D eigenvalue weighted by molar-refractivity contribution is 0.272. The second-order valence-electron chi connectivity index (χ2n) is 3.42. The standard InChI is InChI=1S/C11H24N2/c1-5-8-9-12-11(4)10-13(6-2)7-3/h5,11-12H,1,6-10H2,2-4H3. The van der Waals surface area contributed by atoms with E-state index in [1.807, 2.05) is 6.08 Å². The van der Waals surface area contributed by atoms with Crippen LogP contribution < -0.4 is 5.32 Å². The Labute approximate surface area is 83.0 Å². The van der Waals surface area contributed by atoms with Crippen LogP contribution in [0.5, 0.6) is 0 Å². The fourth-order valence-corrected chi connectivity index (χ4v) is 1.37. The van der Waals surface area contributed by atoms with Crippen molar-refractivity contribution in [3.8, 4) is 0 Å². The van der Waals surface area contributed by atoms with Gasteiger partial charge >= 0.3 is 0 Å². The third-order valence-electron chi connectivity index (χ3n) is 2.27. The average molecular weight is 184 g/mol. The molecular weight excluding hydrogens is 160 g/mol. The number of rotatable bonds is 8. The van der Waals surface area contributed by atoms with Gasteiger partial charge in [0.1, 0.15) is 0 Å². The van der Waals surface area contributed by atoms with Gasteiger partial charge in [0.15, 0.2) is 0 Å². The largest absolute Gasteiger partial charge is 0.313 e. The van der Waals surface area contributed by atoms with Gasteiger partial charge in [-0.15, -0.1) is 6.58 Å². The van der Waals surface area contributed by atoms with E-state index in [-0.39, 0.29) is 0 Å². The summed E-state index contributed by atoms with van der Waals surface area (Å²) in [6.07, 6.45) is 3.01. The summed E-state index contributed by atoms with van der Waals surface area (Å²) in [7, 11) is 0. The van der Waals surface area contributed by atoms with Crippen molar-refractivity contribution in [2.24, 2.45) is 0 Å². The van der Waals surface area contributed by atoms with E-state index in [2.05, 4.69) is 37.6 Å². The molecule has 0 saturated carbocycles. The van der Waals surface area contributed by atoms with Crippen molar-refractivity contribution in [1.29, 1.82) is 0 Å². The average Bonchev–Trinajstić information content (AvgIpc) is 2.14. The van der Waals surface area contributed by atoms with E-state index in [0.29, 0.717) is 6.04 Å². The number of likely N-dealkylation sites (N-methyl/N-ethyl adjacent to an activating group) is 1. The summed E-state index contributed by atoms with van der Waals surface area (Å²) >= 11 is 0. The maximum Gasteiger partial charge on any atom is 0.0166 e. The van der Waals surface area contributed by atoms with Crippen molar-refractivity contribution in [2.45, 2.75) is 33.2 Å². The third-order valence-corrected chi connectivity index (χ3v) is 2.27. The van der Waals surface area contributed by atoms with Crippen LogP contribution in [0.15, 0.2) is 12.7 Å². The summed E-state index contributed by atoms with van der Waals surface area (Å²) in [6.45, 7) is 14.8. The van der Waals surface area contributed by atoms with Crippen LogP contribution in [0.2, 0.25) is 0 Å². The van der Waals surface area contributed by atoms with Crippen LogP contribution in [0.3, 0.4) is 0 Å². The molecule has 13 heavy (non-hydrogen) atoms. The van der Waals surface area contributed by atoms with Crippen molar-refractivity contribution in [3.05, 3.63) is 12.7 Å². The van der Waals surface area contributed by atoms with E-state index in [0.717, 1.165) is 32.6 Å². The summed E-state index contributed by atoms with van der Waals surface area (Å²) in [5.41, 5.74) is 0. The van der Waals surface area contributed by atoms with Gasteiger partial charge in [-0.3, -0.25) is 0 Å². The van der Waals surface area contributed by atoms with E-state index in [1.165, 1.54) is 0 Å². The van der Waals surface area contributed by atoms with Crippen molar-refractivity contribution < 1.29 is 0 Å². The molecule has 0 aliphatic carbocycles. The van der Waals surface area contributed by atoms with Crippen LogP contribution in [0.25, 0.3) is 0 Å². The number of nitrogens with zero attached hydrogens (tertiary/aromatic N) is 1. The number of hydrogen-bond donors (Lipinski definition) is 1. The molecule has 1 N–H and O–H groups in total. The Balaban J connectivity index is 3.47. The molecule has 0 spiro atoms. The highest BCUT2D eigenvalue weighted by molar-refractivity contribution is 4.71. The predicted octanol–water partition coefficient (Wildman–Crippen LogP) is 1.88. The Morgan fingerprint density at radius 3 is 2.46 bits per heavy atom. The van der Waals surface area contributed by atoms with Gasteiger partial charge in [-0.25, -0.2) is 0 Å². The van der Waals surface area contributed by atoms with Crippen LogP contribution in [-0.4, -0.2) is 37.1 Å². The van der Waals surface area contributed by atoms with Crippen LogP contribution >= 0.6 is 0 Å². The molecule has 0 heterocycles. The minimum absolute atomic E-state index is 0.583. The highest BCUT2D eigenvalue weighted by Gasteiger charge is 2.04. The monoisotopic (exact) mass is 184 g/mol. The van der Waals surface area contributed by atoms with Crippen molar-refractivity contribution in [1.82, 2.24) is 10.2 Å². The molecule has 0 rings (SSSR count). The summed E-state index contributed by atoms with van der Waals surface area (Å²) in [6, 6.07) is 0.583. The lowest BCUT2D eigenvalue weighted by Gasteiger charge is -2.23. The first kappa shape index (κ1) is 12.7. The first-order valence-electron chi connectivity index (χ1n) is 5.31. The predicted molar refractivity (Wildman–Crippen MR) is 60.1 cm³/mol. The van der Waals surface area contributed by atoms with Crippen molar-refractivity contribution in [3.63, 3.8) is 0 Å². The number of nitrogens with one attached hydrogen (secondary N) is 1. The molecule has 0 aliphatic rings. The van der Waals surface area contributed by atoms with Gasteiger partial charge in [0.25, 0.3) is 0 Å². The topological polar surface area (TPSA) is 15.3 Å². The van der Waals surface area contributed by atoms with Gasteiger partial charge in [0.05, 0.1) is 0 Å². The van der Waals surface area contributed by atoms with E-state index in [9.17, 15) is 0 Å². The Kier molecular flexibility index (Phi) is 8.05. The minimum Gasteiger partial charge on any atom is -0.313 e. The molecule has 0 aliphatic heterocycles. The van der Waals surface area contributed by atoms with E-state index >= 15 is 0 Å². The molecule has 0 amide bonds. The summed E-state index contributed by atoms with van der Waals surface area (Å²) < 4.78 is 0. The van der Waals surface area contributed by atoms with Crippen LogP contribution in [0.1, 0.15) is 27.2 Å². The summed E-state index contributed by atoms with van der Waals surface area (Å²) in [4.78, 5) is 2.44.